The third kappa shape index (κ3) is 4.36. The van der Waals surface area contributed by atoms with Crippen LogP contribution < -0.4 is 5.32 Å². The molecule has 1 atom stereocenters. The molecule has 2 rings (SSSR count). The summed E-state index contributed by atoms with van der Waals surface area (Å²) in [5.74, 6) is -1.38. The molecule has 6 nitrogen and oxygen atoms in total. The van der Waals surface area contributed by atoms with Crippen molar-refractivity contribution in [2.45, 2.75) is 33.2 Å². The smallest absolute Gasteiger partial charge is 0.239 e. The third-order valence-electron chi connectivity index (χ3n) is 4.46. The fourth-order valence-electron chi connectivity index (χ4n) is 2.87. The second-order valence-electron chi connectivity index (χ2n) is 6.73. The molecule has 0 saturated carbocycles. The molecule has 1 fully saturated rings. The van der Waals surface area contributed by atoms with E-state index in [2.05, 4.69) is 5.32 Å². The van der Waals surface area contributed by atoms with E-state index in [0.717, 1.165) is 0 Å². The van der Waals surface area contributed by atoms with Crippen LogP contribution in [-0.2, 0) is 19.4 Å². The van der Waals surface area contributed by atoms with Crippen molar-refractivity contribution in [3.63, 3.8) is 0 Å². The van der Waals surface area contributed by atoms with E-state index in [1.54, 1.807) is 6.92 Å². The summed E-state index contributed by atoms with van der Waals surface area (Å²) in [5.41, 5.74) is -0.990. The first kappa shape index (κ1) is 19.4. The van der Waals surface area contributed by atoms with Crippen molar-refractivity contribution >= 4 is 27.3 Å². The van der Waals surface area contributed by atoms with Crippen LogP contribution in [0.15, 0.2) is 24.3 Å². The molecule has 1 aliphatic heterocycles. The van der Waals surface area contributed by atoms with Crippen LogP contribution in [0.25, 0.3) is 0 Å². The maximum atomic E-state index is 13.0. The van der Waals surface area contributed by atoms with E-state index in [-0.39, 0.29) is 11.5 Å². The van der Waals surface area contributed by atoms with Crippen LogP contribution in [0.4, 0.5) is 10.1 Å². The highest BCUT2D eigenvalue weighted by Gasteiger charge is 2.43. The molecule has 0 aromatic heterocycles. The number of nitrogens with zero attached hydrogens (tertiary/aromatic N) is 1. The number of carbonyl (C=O) groups excluding carboxylic acids is 2. The van der Waals surface area contributed by atoms with Crippen LogP contribution in [0.5, 0.6) is 0 Å². The number of anilines is 1. The van der Waals surface area contributed by atoms with E-state index in [4.69, 9.17) is 0 Å². The first-order chi connectivity index (χ1) is 11.6. The van der Waals surface area contributed by atoms with E-state index in [0.29, 0.717) is 18.7 Å². The minimum absolute atomic E-state index is 0.0592. The van der Waals surface area contributed by atoms with Gasteiger partial charge in [-0.25, -0.2) is 12.8 Å². The van der Waals surface area contributed by atoms with Crippen LogP contribution in [0.2, 0.25) is 0 Å². The Hall–Kier alpha value is -1.96. The molecule has 138 valence electrons. The van der Waals surface area contributed by atoms with Gasteiger partial charge in [-0.2, -0.15) is 0 Å². The van der Waals surface area contributed by atoms with Crippen molar-refractivity contribution in [2.24, 2.45) is 5.41 Å². The summed E-state index contributed by atoms with van der Waals surface area (Å²) in [6.07, 6.45) is 0.386. The van der Waals surface area contributed by atoms with Crippen molar-refractivity contribution in [3.8, 4) is 0 Å². The lowest BCUT2D eigenvalue weighted by Gasteiger charge is -2.34. The van der Waals surface area contributed by atoms with E-state index in [1.807, 2.05) is 0 Å². The Labute approximate surface area is 147 Å². The molecule has 1 saturated heterocycles. The van der Waals surface area contributed by atoms with Gasteiger partial charge in [0.2, 0.25) is 11.8 Å². The van der Waals surface area contributed by atoms with Gasteiger partial charge in [0.05, 0.1) is 11.5 Å². The zero-order valence-electron chi connectivity index (χ0n) is 14.6. The highest BCUT2D eigenvalue weighted by atomic mass is 32.2. The molecule has 0 spiro atoms. The maximum absolute atomic E-state index is 13.0. The minimum Gasteiger partial charge on any atom is -0.338 e. The van der Waals surface area contributed by atoms with Gasteiger partial charge in [0.1, 0.15) is 11.2 Å². The lowest BCUT2D eigenvalue weighted by molar-refractivity contribution is -0.147. The lowest BCUT2D eigenvalue weighted by Crippen LogP contribution is -2.51. The van der Waals surface area contributed by atoms with Crippen molar-refractivity contribution in [1.29, 1.82) is 0 Å². The van der Waals surface area contributed by atoms with Crippen molar-refractivity contribution < 1.29 is 22.4 Å². The summed E-state index contributed by atoms with van der Waals surface area (Å²) in [6.45, 7) is 5.09. The molecule has 25 heavy (non-hydrogen) atoms. The molecule has 1 aromatic rings. The number of hydrogen-bond donors (Lipinski definition) is 1. The molecule has 8 heteroatoms. The highest BCUT2D eigenvalue weighted by molar-refractivity contribution is 7.91. The summed E-state index contributed by atoms with van der Waals surface area (Å²) in [6, 6.07) is 4.85. The van der Waals surface area contributed by atoms with Gasteiger partial charge in [-0.15, -0.1) is 0 Å². The number of benzene rings is 1. The molecule has 1 N–H and O–H groups in total. The number of carbonyl (C=O) groups is 2. The van der Waals surface area contributed by atoms with E-state index in [9.17, 15) is 22.4 Å². The Morgan fingerprint density at radius 1 is 1.28 bits per heavy atom. The Kier molecular flexibility index (Phi) is 5.51. The van der Waals surface area contributed by atoms with E-state index < -0.39 is 38.9 Å². The standard InChI is InChI=1S/C17H23FN2O4S/c1-4-20(14-9-10-25(23,24)11-14)16(22)17(2,3)15(21)19-13-7-5-12(18)6-8-13/h5-8,14H,4,9-11H2,1-3H3,(H,19,21). The quantitative estimate of drug-likeness (QED) is 0.802. The summed E-state index contributed by atoms with van der Waals surface area (Å²) < 4.78 is 36.3. The van der Waals surface area contributed by atoms with Gasteiger partial charge in [-0.1, -0.05) is 0 Å². The summed E-state index contributed by atoms with van der Waals surface area (Å²) in [7, 11) is -3.13. The Morgan fingerprint density at radius 2 is 1.88 bits per heavy atom. The maximum Gasteiger partial charge on any atom is 0.239 e. The lowest BCUT2D eigenvalue weighted by atomic mass is 9.89. The van der Waals surface area contributed by atoms with E-state index in [1.165, 1.54) is 43.0 Å². The number of sulfone groups is 1. The van der Waals surface area contributed by atoms with E-state index >= 15 is 0 Å². The van der Waals surface area contributed by atoms with Gasteiger partial charge < -0.3 is 10.2 Å². The van der Waals surface area contributed by atoms with Crippen LogP contribution in [0.3, 0.4) is 0 Å². The van der Waals surface area contributed by atoms with Crippen molar-refractivity contribution in [1.82, 2.24) is 4.90 Å². The van der Waals surface area contributed by atoms with Crippen LogP contribution in [0, 0.1) is 11.2 Å². The molecule has 1 heterocycles. The zero-order chi connectivity index (χ0) is 18.8. The van der Waals surface area contributed by atoms with Crippen molar-refractivity contribution in [3.05, 3.63) is 30.1 Å². The molecule has 2 amide bonds. The fourth-order valence-corrected chi connectivity index (χ4v) is 4.60. The Balaban J connectivity index is 2.14. The predicted molar refractivity (Wildman–Crippen MR) is 93.3 cm³/mol. The first-order valence-electron chi connectivity index (χ1n) is 8.15. The molecule has 0 aliphatic carbocycles. The summed E-state index contributed by atoms with van der Waals surface area (Å²) in [5, 5.41) is 2.60. The predicted octanol–water partition coefficient (Wildman–Crippen LogP) is 1.83. The highest BCUT2D eigenvalue weighted by Crippen LogP contribution is 2.26. The molecular weight excluding hydrogens is 347 g/mol. The number of rotatable bonds is 5. The SMILES string of the molecule is CCN(C(=O)C(C)(C)C(=O)Nc1ccc(F)cc1)C1CCS(=O)(=O)C1. The average Bonchev–Trinajstić information content (AvgIpc) is 2.90. The number of halogens is 1. The van der Waals surface area contributed by atoms with Gasteiger partial charge in [0.15, 0.2) is 9.84 Å². The van der Waals surface area contributed by atoms with Crippen LogP contribution >= 0.6 is 0 Å². The second kappa shape index (κ2) is 7.11. The normalized spacial score (nSPS) is 19.4. The number of nitrogens with one attached hydrogen (secondary N) is 1. The summed E-state index contributed by atoms with van der Waals surface area (Å²) >= 11 is 0. The monoisotopic (exact) mass is 370 g/mol. The molecule has 0 radical (unpaired) electrons. The van der Waals surface area contributed by atoms with Gasteiger partial charge >= 0.3 is 0 Å². The van der Waals surface area contributed by atoms with Crippen molar-refractivity contribution in [2.75, 3.05) is 23.4 Å². The zero-order valence-corrected chi connectivity index (χ0v) is 15.4. The molecule has 1 aromatic carbocycles. The largest absolute Gasteiger partial charge is 0.338 e. The number of amides is 2. The van der Waals surface area contributed by atoms with Crippen LogP contribution in [0.1, 0.15) is 27.2 Å². The van der Waals surface area contributed by atoms with Gasteiger partial charge in [-0.3, -0.25) is 9.59 Å². The topological polar surface area (TPSA) is 83.6 Å². The van der Waals surface area contributed by atoms with Crippen LogP contribution in [-0.4, -0.2) is 49.2 Å². The first-order valence-corrected chi connectivity index (χ1v) is 9.97. The molecule has 1 aliphatic rings. The molecule has 0 bridgehead atoms. The Morgan fingerprint density at radius 3 is 2.36 bits per heavy atom. The average molecular weight is 370 g/mol. The summed E-state index contributed by atoms with van der Waals surface area (Å²) in [4.78, 5) is 26.9. The third-order valence-corrected chi connectivity index (χ3v) is 6.21. The molecular formula is C17H23FN2O4S. The van der Waals surface area contributed by atoms with Gasteiger partial charge in [0.25, 0.3) is 0 Å². The minimum atomic E-state index is -3.13. The second-order valence-corrected chi connectivity index (χ2v) is 8.96. The van der Waals surface area contributed by atoms with Gasteiger partial charge in [0, 0.05) is 18.3 Å². The van der Waals surface area contributed by atoms with Gasteiger partial charge in [-0.05, 0) is 51.5 Å². The molecule has 1 unspecified atom stereocenters. The fraction of sp³-hybridized carbons (Fsp3) is 0.529. The Bertz CT molecular complexity index is 759. The number of hydrogen-bond acceptors (Lipinski definition) is 4.